The van der Waals surface area contributed by atoms with E-state index in [4.69, 9.17) is 4.74 Å². The molecule has 1 aliphatic rings. The Balaban J connectivity index is 1.96. The first-order valence-electron chi connectivity index (χ1n) is 7.88. The Morgan fingerprint density at radius 1 is 1.45 bits per heavy atom. The molecule has 0 aliphatic carbocycles. The molecular formula is C16H26N4O2. The number of nitrogens with one attached hydrogen (secondary N) is 1. The summed E-state index contributed by atoms with van der Waals surface area (Å²) in [7, 11) is 0. The zero-order chi connectivity index (χ0) is 16.2. The van der Waals surface area contributed by atoms with Gasteiger partial charge in [-0.25, -0.2) is 14.8 Å². The van der Waals surface area contributed by atoms with Crippen molar-refractivity contribution in [2.45, 2.75) is 58.6 Å². The van der Waals surface area contributed by atoms with Crippen LogP contribution in [-0.2, 0) is 4.74 Å². The van der Waals surface area contributed by atoms with Crippen LogP contribution in [0.1, 0.15) is 45.7 Å². The highest BCUT2D eigenvalue weighted by molar-refractivity contribution is 5.68. The SMILES string of the molecule is Cc1ccnc(NC[C@H]2CCCCN2C(=O)OC(C)(C)C)n1. The topological polar surface area (TPSA) is 67.4 Å². The lowest BCUT2D eigenvalue weighted by atomic mass is 10.0. The molecule has 1 fully saturated rings. The number of carbonyl (C=O) groups is 1. The van der Waals surface area contributed by atoms with Gasteiger partial charge in [-0.1, -0.05) is 0 Å². The van der Waals surface area contributed by atoms with E-state index in [2.05, 4.69) is 15.3 Å². The maximum absolute atomic E-state index is 12.3. The number of hydrogen-bond acceptors (Lipinski definition) is 5. The number of amides is 1. The van der Waals surface area contributed by atoms with Crippen LogP contribution in [0.3, 0.4) is 0 Å². The van der Waals surface area contributed by atoms with Crippen LogP contribution in [0.15, 0.2) is 12.3 Å². The molecule has 0 saturated carbocycles. The molecule has 2 heterocycles. The van der Waals surface area contributed by atoms with Crippen molar-refractivity contribution in [1.82, 2.24) is 14.9 Å². The van der Waals surface area contributed by atoms with Gasteiger partial charge < -0.3 is 15.0 Å². The van der Waals surface area contributed by atoms with E-state index in [1.54, 1.807) is 6.20 Å². The summed E-state index contributed by atoms with van der Waals surface area (Å²) in [5, 5.41) is 3.23. The van der Waals surface area contributed by atoms with Crippen LogP contribution < -0.4 is 5.32 Å². The number of hydrogen-bond donors (Lipinski definition) is 1. The summed E-state index contributed by atoms with van der Waals surface area (Å²) in [6, 6.07) is 1.98. The predicted molar refractivity (Wildman–Crippen MR) is 85.8 cm³/mol. The van der Waals surface area contributed by atoms with Crippen LogP contribution in [0.5, 0.6) is 0 Å². The lowest BCUT2D eigenvalue weighted by Gasteiger charge is -2.36. The summed E-state index contributed by atoms with van der Waals surface area (Å²) in [5.74, 6) is 0.606. The van der Waals surface area contributed by atoms with E-state index in [9.17, 15) is 4.79 Å². The molecule has 0 radical (unpaired) electrons. The van der Waals surface area contributed by atoms with Crippen molar-refractivity contribution in [1.29, 1.82) is 0 Å². The molecule has 22 heavy (non-hydrogen) atoms. The minimum atomic E-state index is -0.466. The number of aryl methyl sites for hydroxylation is 1. The molecule has 6 nitrogen and oxygen atoms in total. The molecule has 1 saturated heterocycles. The fourth-order valence-corrected chi connectivity index (χ4v) is 2.52. The first-order chi connectivity index (χ1) is 10.3. The third-order valence-corrected chi connectivity index (χ3v) is 3.55. The van der Waals surface area contributed by atoms with Gasteiger partial charge in [-0.2, -0.15) is 0 Å². The fraction of sp³-hybridized carbons (Fsp3) is 0.688. The Labute approximate surface area is 132 Å². The van der Waals surface area contributed by atoms with Gasteiger partial charge in [0.15, 0.2) is 0 Å². The summed E-state index contributed by atoms with van der Waals surface area (Å²) in [4.78, 5) is 22.7. The van der Waals surface area contributed by atoms with Crippen molar-refractivity contribution in [3.8, 4) is 0 Å². The Bertz CT molecular complexity index is 513. The second-order valence-corrected chi connectivity index (χ2v) is 6.73. The minimum absolute atomic E-state index is 0.118. The smallest absolute Gasteiger partial charge is 0.410 e. The number of piperidine rings is 1. The monoisotopic (exact) mass is 306 g/mol. The number of anilines is 1. The zero-order valence-electron chi connectivity index (χ0n) is 13.9. The number of carbonyl (C=O) groups excluding carboxylic acids is 1. The van der Waals surface area contributed by atoms with Crippen molar-refractivity contribution < 1.29 is 9.53 Å². The van der Waals surface area contributed by atoms with Gasteiger partial charge in [-0.05, 0) is 53.0 Å². The second kappa shape index (κ2) is 6.94. The molecule has 122 valence electrons. The number of nitrogens with zero attached hydrogens (tertiary/aromatic N) is 3. The molecule has 6 heteroatoms. The Morgan fingerprint density at radius 2 is 2.23 bits per heavy atom. The summed E-state index contributed by atoms with van der Waals surface area (Å²) in [6.45, 7) is 8.99. The maximum atomic E-state index is 12.3. The van der Waals surface area contributed by atoms with E-state index in [-0.39, 0.29) is 12.1 Å². The van der Waals surface area contributed by atoms with E-state index in [1.165, 1.54) is 0 Å². The first kappa shape index (κ1) is 16.5. The number of likely N-dealkylation sites (tertiary alicyclic amines) is 1. The zero-order valence-corrected chi connectivity index (χ0v) is 13.9. The Morgan fingerprint density at radius 3 is 2.91 bits per heavy atom. The van der Waals surface area contributed by atoms with Gasteiger partial charge in [0, 0.05) is 25.0 Å². The van der Waals surface area contributed by atoms with Gasteiger partial charge >= 0.3 is 6.09 Å². The normalized spacial score (nSPS) is 18.9. The highest BCUT2D eigenvalue weighted by Crippen LogP contribution is 2.20. The Kier molecular flexibility index (Phi) is 5.21. The highest BCUT2D eigenvalue weighted by atomic mass is 16.6. The number of rotatable bonds is 3. The van der Waals surface area contributed by atoms with Gasteiger partial charge in [-0.3, -0.25) is 0 Å². The van der Waals surface area contributed by atoms with Crippen LogP contribution in [-0.4, -0.2) is 45.7 Å². The standard InChI is InChI=1S/C16H26N4O2/c1-12-8-9-17-14(19-12)18-11-13-7-5-6-10-20(13)15(21)22-16(2,3)4/h8-9,13H,5-7,10-11H2,1-4H3,(H,17,18,19)/t13-/m1/s1. The van der Waals surface area contributed by atoms with E-state index < -0.39 is 5.60 Å². The molecule has 1 aliphatic heterocycles. The van der Waals surface area contributed by atoms with Crippen molar-refractivity contribution in [2.75, 3.05) is 18.4 Å². The molecule has 0 unspecified atom stereocenters. The molecule has 1 atom stereocenters. The Hall–Kier alpha value is -1.85. The van der Waals surface area contributed by atoms with Crippen molar-refractivity contribution in [2.24, 2.45) is 0 Å². The number of ether oxygens (including phenoxy) is 1. The lowest BCUT2D eigenvalue weighted by Crippen LogP contribution is -2.49. The maximum Gasteiger partial charge on any atom is 0.410 e. The summed E-state index contributed by atoms with van der Waals surface area (Å²) < 4.78 is 5.51. The molecule has 0 spiro atoms. The van der Waals surface area contributed by atoms with Crippen LogP contribution in [0.4, 0.5) is 10.7 Å². The molecule has 1 aromatic rings. The van der Waals surface area contributed by atoms with Gasteiger partial charge in [-0.15, -0.1) is 0 Å². The van der Waals surface area contributed by atoms with E-state index >= 15 is 0 Å². The summed E-state index contributed by atoms with van der Waals surface area (Å²) in [6.07, 6.45) is 4.62. The molecular weight excluding hydrogens is 280 g/mol. The first-order valence-corrected chi connectivity index (χ1v) is 7.88. The van der Waals surface area contributed by atoms with Crippen molar-refractivity contribution in [3.63, 3.8) is 0 Å². The van der Waals surface area contributed by atoms with Crippen LogP contribution in [0, 0.1) is 6.92 Å². The fourth-order valence-electron chi connectivity index (χ4n) is 2.52. The third-order valence-electron chi connectivity index (χ3n) is 3.55. The molecule has 0 bridgehead atoms. The highest BCUT2D eigenvalue weighted by Gasteiger charge is 2.30. The minimum Gasteiger partial charge on any atom is -0.444 e. The molecule has 1 aromatic heterocycles. The number of aromatic nitrogens is 2. The van der Waals surface area contributed by atoms with Crippen LogP contribution >= 0.6 is 0 Å². The summed E-state index contributed by atoms with van der Waals surface area (Å²) >= 11 is 0. The van der Waals surface area contributed by atoms with Crippen molar-refractivity contribution in [3.05, 3.63) is 18.0 Å². The molecule has 1 amide bonds. The second-order valence-electron chi connectivity index (χ2n) is 6.73. The molecule has 1 N–H and O–H groups in total. The van der Waals surface area contributed by atoms with Gasteiger partial charge in [0.25, 0.3) is 0 Å². The van der Waals surface area contributed by atoms with E-state index in [0.29, 0.717) is 12.5 Å². The van der Waals surface area contributed by atoms with Gasteiger partial charge in [0.1, 0.15) is 5.60 Å². The average molecular weight is 306 g/mol. The van der Waals surface area contributed by atoms with Gasteiger partial charge in [0.05, 0.1) is 6.04 Å². The van der Waals surface area contributed by atoms with Crippen LogP contribution in [0.2, 0.25) is 0 Å². The third kappa shape index (κ3) is 4.86. The van der Waals surface area contributed by atoms with Crippen LogP contribution in [0.25, 0.3) is 0 Å². The lowest BCUT2D eigenvalue weighted by molar-refractivity contribution is 0.0114. The average Bonchev–Trinajstić information content (AvgIpc) is 2.44. The molecule has 0 aromatic carbocycles. The quantitative estimate of drug-likeness (QED) is 0.930. The summed E-state index contributed by atoms with van der Waals surface area (Å²) in [5.41, 5.74) is 0.455. The van der Waals surface area contributed by atoms with Gasteiger partial charge in [0.2, 0.25) is 5.95 Å². The largest absolute Gasteiger partial charge is 0.444 e. The predicted octanol–water partition coefficient (Wildman–Crippen LogP) is 2.99. The molecule has 2 rings (SSSR count). The van der Waals surface area contributed by atoms with E-state index in [0.717, 1.165) is 31.5 Å². The van der Waals surface area contributed by atoms with Crippen molar-refractivity contribution >= 4 is 12.0 Å². The van der Waals surface area contributed by atoms with E-state index in [1.807, 2.05) is 38.7 Å².